The molecule has 1 aromatic heterocycles. The molecular formula is C5H7FN4O3. The average molecular weight is 190 g/mol. The van der Waals surface area contributed by atoms with Crippen LogP contribution in [0.2, 0.25) is 0 Å². The zero-order valence-corrected chi connectivity index (χ0v) is 6.50. The van der Waals surface area contributed by atoms with Crippen LogP contribution in [-0.4, -0.2) is 37.6 Å². The third-order valence-electron chi connectivity index (χ3n) is 1.26. The monoisotopic (exact) mass is 190 g/mol. The minimum absolute atomic E-state index is 0.142. The van der Waals surface area contributed by atoms with Crippen LogP contribution in [0, 0.1) is 10.1 Å². The van der Waals surface area contributed by atoms with E-state index in [1.165, 1.54) is 0 Å². The number of aliphatic hydroxyl groups excluding tert-OH is 1. The first-order valence-corrected chi connectivity index (χ1v) is 3.41. The third-order valence-corrected chi connectivity index (χ3v) is 1.26. The molecule has 13 heavy (non-hydrogen) atoms. The second-order valence-electron chi connectivity index (χ2n) is 2.33. The van der Waals surface area contributed by atoms with E-state index in [0.717, 1.165) is 11.0 Å². The normalized spacial score (nSPS) is 12.8. The fourth-order valence-electron chi connectivity index (χ4n) is 0.721. The summed E-state index contributed by atoms with van der Waals surface area (Å²) in [6.07, 6.45) is -0.141. The lowest BCUT2D eigenvalue weighted by Gasteiger charge is -2.00. The highest BCUT2D eigenvalue weighted by molar-refractivity contribution is 4.96. The van der Waals surface area contributed by atoms with E-state index in [2.05, 4.69) is 10.1 Å². The first-order chi connectivity index (χ1) is 6.13. The highest BCUT2D eigenvalue weighted by atomic mass is 19.1. The Morgan fingerprint density at radius 1 is 1.85 bits per heavy atom. The summed E-state index contributed by atoms with van der Waals surface area (Å²) in [6.45, 7) is -1.06. The molecule has 0 spiro atoms. The van der Waals surface area contributed by atoms with E-state index >= 15 is 0 Å². The summed E-state index contributed by atoms with van der Waals surface area (Å²) in [5.74, 6) is -0.564. The van der Waals surface area contributed by atoms with Gasteiger partial charge in [-0.1, -0.05) is 4.98 Å². The Labute approximate surface area is 72.0 Å². The standard InChI is InChI=1S/C5H7FN4O3/c6-1-4(11)2-9-3-7-5(8-9)10(12)13/h3-4,11H,1-2H2. The number of aliphatic hydroxyl groups is 1. The minimum Gasteiger partial charge on any atom is -0.390 e. The number of rotatable bonds is 4. The lowest BCUT2D eigenvalue weighted by molar-refractivity contribution is -0.394. The molecule has 0 aliphatic carbocycles. The van der Waals surface area contributed by atoms with Crippen LogP contribution in [0.5, 0.6) is 0 Å². The summed E-state index contributed by atoms with van der Waals surface area (Å²) in [4.78, 5) is 12.7. The van der Waals surface area contributed by atoms with Gasteiger partial charge in [-0.3, -0.25) is 0 Å². The Bertz CT molecular complexity index is 302. The summed E-state index contributed by atoms with van der Waals surface area (Å²) in [5, 5.41) is 22.3. The first-order valence-electron chi connectivity index (χ1n) is 3.41. The molecule has 7 nitrogen and oxygen atoms in total. The molecule has 0 saturated heterocycles. The Kier molecular flexibility index (Phi) is 2.85. The Hall–Kier alpha value is -1.57. The summed E-state index contributed by atoms with van der Waals surface area (Å²) in [5.41, 5.74) is 0. The van der Waals surface area contributed by atoms with Crippen LogP contribution >= 0.6 is 0 Å². The molecule has 0 aromatic carbocycles. The number of aromatic nitrogens is 3. The van der Waals surface area contributed by atoms with Gasteiger partial charge in [0.05, 0.1) is 6.54 Å². The minimum atomic E-state index is -1.21. The molecule has 0 amide bonds. The second kappa shape index (κ2) is 3.90. The van der Waals surface area contributed by atoms with Gasteiger partial charge in [0.1, 0.15) is 12.8 Å². The van der Waals surface area contributed by atoms with E-state index in [1.807, 2.05) is 0 Å². The maximum Gasteiger partial charge on any atom is 0.490 e. The largest absolute Gasteiger partial charge is 0.490 e. The summed E-state index contributed by atoms with van der Waals surface area (Å²) >= 11 is 0. The van der Waals surface area contributed by atoms with Gasteiger partial charge < -0.3 is 15.2 Å². The number of nitrogens with zero attached hydrogens (tertiary/aromatic N) is 4. The van der Waals surface area contributed by atoms with E-state index in [1.54, 1.807) is 0 Å². The molecule has 0 aliphatic rings. The van der Waals surface area contributed by atoms with Gasteiger partial charge in [-0.15, -0.1) is 0 Å². The van der Waals surface area contributed by atoms with Crippen molar-refractivity contribution < 1.29 is 14.4 Å². The number of halogens is 1. The molecule has 8 heteroatoms. The van der Waals surface area contributed by atoms with Crippen LogP contribution in [0.25, 0.3) is 0 Å². The number of hydrogen-bond donors (Lipinski definition) is 1. The van der Waals surface area contributed by atoms with Crippen molar-refractivity contribution in [2.45, 2.75) is 12.6 Å². The fraction of sp³-hybridized carbons (Fsp3) is 0.600. The van der Waals surface area contributed by atoms with Crippen LogP contribution < -0.4 is 0 Å². The molecular weight excluding hydrogens is 183 g/mol. The van der Waals surface area contributed by atoms with Crippen LogP contribution in [-0.2, 0) is 6.54 Å². The topological polar surface area (TPSA) is 94.1 Å². The molecule has 1 unspecified atom stereocenters. The highest BCUT2D eigenvalue weighted by Crippen LogP contribution is 2.00. The lowest BCUT2D eigenvalue weighted by atomic mass is 10.4. The maximum atomic E-state index is 11.8. The quantitative estimate of drug-likeness (QED) is 0.511. The number of hydrogen-bond acceptors (Lipinski definition) is 5. The summed E-state index contributed by atoms with van der Waals surface area (Å²) < 4.78 is 12.8. The predicted octanol–water partition coefficient (Wildman–Crippen LogP) is -0.483. The van der Waals surface area contributed by atoms with Crippen LogP contribution in [0.3, 0.4) is 0 Å². The van der Waals surface area contributed by atoms with E-state index in [0.29, 0.717) is 0 Å². The van der Waals surface area contributed by atoms with Crippen LogP contribution in [0.1, 0.15) is 0 Å². The van der Waals surface area contributed by atoms with Gasteiger partial charge in [0, 0.05) is 5.10 Å². The molecule has 1 N–H and O–H groups in total. The Morgan fingerprint density at radius 3 is 3.00 bits per heavy atom. The van der Waals surface area contributed by atoms with E-state index in [4.69, 9.17) is 5.11 Å². The van der Waals surface area contributed by atoms with Gasteiger partial charge in [0.15, 0.2) is 0 Å². The van der Waals surface area contributed by atoms with Gasteiger partial charge in [-0.05, 0) is 4.92 Å². The van der Waals surface area contributed by atoms with E-state index in [9.17, 15) is 14.5 Å². The van der Waals surface area contributed by atoms with Crippen molar-refractivity contribution in [3.63, 3.8) is 0 Å². The molecule has 1 heterocycles. The van der Waals surface area contributed by atoms with E-state index in [-0.39, 0.29) is 6.54 Å². The molecule has 1 aromatic rings. The van der Waals surface area contributed by atoms with Crippen LogP contribution in [0.15, 0.2) is 6.33 Å². The van der Waals surface area contributed by atoms with E-state index < -0.39 is 23.7 Å². The molecule has 1 atom stereocenters. The zero-order chi connectivity index (χ0) is 9.84. The fourth-order valence-corrected chi connectivity index (χ4v) is 0.721. The molecule has 0 fully saturated rings. The average Bonchev–Trinajstić information content (AvgIpc) is 2.52. The smallest absolute Gasteiger partial charge is 0.390 e. The summed E-state index contributed by atoms with van der Waals surface area (Å²) in [6, 6.07) is 0. The van der Waals surface area contributed by atoms with Crippen molar-refractivity contribution in [3.05, 3.63) is 16.4 Å². The van der Waals surface area contributed by atoms with Gasteiger partial charge in [-0.25, -0.2) is 4.39 Å². The van der Waals surface area contributed by atoms with Crippen molar-refractivity contribution in [2.75, 3.05) is 6.67 Å². The molecule has 0 radical (unpaired) electrons. The third kappa shape index (κ3) is 2.44. The lowest BCUT2D eigenvalue weighted by Crippen LogP contribution is -2.18. The SMILES string of the molecule is O=[N+]([O-])c1ncn(CC(O)CF)n1. The highest BCUT2D eigenvalue weighted by Gasteiger charge is 2.15. The molecule has 0 bridgehead atoms. The summed E-state index contributed by atoms with van der Waals surface area (Å²) in [7, 11) is 0. The van der Waals surface area contributed by atoms with Crippen LogP contribution in [0.4, 0.5) is 10.3 Å². The molecule has 0 aliphatic heterocycles. The number of alkyl halides is 1. The van der Waals surface area contributed by atoms with Gasteiger partial charge in [0.2, 0.25) is 6.33 Å². The van der Waals surface area contributed by atoms with Crippen molar-refractivity contribution in [2.24, 2.45) is 0 Å². The first kappa shape index (κ1) is 9.52. The predicted molar refractivity (Wildman–Crippen MR) is 38.7 cm³/mol. The molecule has 72 valence electrons. The maximum absolute atomic E-state index is 11.8. The molecule has 0 saturated carbocycles. The van der Waals surface area contributed by atoms with Crippen molar-refractivity contribution >= 4 is 5.95 Å². The molecule has 1 rings (SSSR count). The number of nitro groups is 1. The zero-order valence-electron chi connectivity index (χ0n) is 6.50. The van der Waals surface area contributed by atoms with Crippen molar-refractivity contribution in [3.8, 4) is 0 Å². The van der Waals surface area contributed by atoms with Gasteiger partial charge >= 0.3 is 5.95 Å². The van der Waals surface area contributed by atoms with Gasteiger partial charge in [0.25, 0.3) is 0 Å². The van der Waals surface area contributed by atoms with Crippen molar-refractivity contribution in [1.29, 1.82) is 0 Å². The van der Waals surface area contributed by atoms with Crippen molar-refractivity contribution in [1.82, 2.24) is 14.8 Å². The second-order valence-corrected chi connectivity index (χ2v) is 2.33. The van der Waals surface area contributed by atoms with Gasteiger partial charge in [-0.2, -0.15) is 4.68 Å². The Balaban J connectivity index is 2.64. The Morgan fingerprint density at radius 2 is 2.54 bits per heavy atom.